The molecule has 0 aliphatic rings. The molecule has 0 amide bonds. The molecule has 7 heteroatoms. The van der Waals surface area contributed by atoms with Crippen molar-refractivity contribution in [3.63, 3.8) is 0 Å². The molecule has 0 saturated carbocycles. The van der Waals surface area contributed by atoms with E-state index in [0.717, 1.165) is 0 Å². The van der Waals surface area contributed by atoms with E-state index in [1.807, 2.05) is 0 Å². The Labute approximate surface area is 135 Å². The number of benzene rings is 2. The number of fused-ring (bicyclic) bond motifs is 1. The highest BCUT2D eigenvalue weighted by atomic mass is 19.2. The van der Waals surface area contributed by atoms with Crippen LogP contribution in [-0.2, 0) is 0 Å². The number of carboxylic acid groups (broad SMARTS) is 1. The summed E-state index contributed by atoms with van der Waals surface area (Å²) < 4.78 is 33.6. The average Bonchev–Trinajstić information content (AvgIpc) is 2.57. The molecule has 0 spiro atoms. The Kier molecular flexibility index (Phi) is 3.76. The second kappa shape index (κ2) is 5.77. The first-order chi connectivity index (χ1) is 11.5. The Morgan fingerprint density at radius 1 is 1.21 bits per heavy atom. The highest BCUT2D eigenvalue weighted by Gasteiger charge is 2.25. The number of nitrogens with two attached hydrogens (primary N) is 1. The minimum atomic E-state index is -1.38. The number of halogens is 2. The fourth-order valence-corrected chi connectivity index (χ4v) is 2.61. The van der Waals surface area contributed by atoms with Gasteiger partial charge in [-0.25, -0.2) is 14.2 Å². The third-order valence-corrected chi connectivity index (χ3v) is 3.65. The van der Waals surface area contributed by atoms with Crippen molar-refractivity contribution >= 4 is 22.7 Å². The fraction of sp³-hybridized carbons (Fsp3) is 0.0588. The number of aromatic nitrogens is 1. The van der Waals surface area contributed by atoms with Crippen LogP contribution in [0.5, 0.6) is 5.75 Å². The van der Waals surface area contributed by atoms with Crippen LogP contribution < -0.4 is 10.5 Å². The Morgan fingerprint density at radius 2 is 1.88 bits per heavy atom. The second-order valence-electron chi connectivity index (χ2n) is 5.02. The molecule has 3 rings (SSSR count). The van der Waals surface area contributed by atoms with Gasteiger partial charge < -0.3 is 15.6 Å². The van der Waals surface area contributed by atoms with Crippen molar-refractivity contribution in [3.8, 4) is 16.9 Å². The van der Waals surface area contributed by atoms with Crippen molar-refractivity contribution in [2.24, 2.45) is 0 Å². The van der Waals surface area contributed by atoms with Crippen molar-refractivity contribution < 1.29 is 23.4 Å². The fourth-order valence-electron chi connectivity index (χ4n) is 2.61. The van der Waals surface area contributed by atoms with Crippen LogP contribution in [0.15, 0.2) is 36.4 Å². The predicted octanol–water partition coefficient (Wildman–Crippen LogP) is 3.47. The van der Waals surface area contributed by atoms with Crippen LogP contribution in [-0.4, -0.2) is 23.2 Å². The van der Waals surface area contributed by atoms with Gasteiger partial charge in [0.15, 0.2) is 11.6 Å². The third-order valence-electron chi connectivity index (χ3n) is 3.65. The van der Waals surface area contributed by atoms with E-state index >= 15 is 0 Å². The number of ether oxygens (including phenoxy) is 1. The van der Waals surface area contributed by atoms with Gasteiger partial charge in [0.1, 0.15) is 11.4 Å². The molecular weight excluding hydrogens is 318 g/mol. The van der Waals surface area contributed by atoms with Crippen LogP contribution in [0.2, 0.25) is 0 Å². The molecule has 0 atom stereocenters. The molecule has 0 radical (unpaired) electrons. The molecule has 2 aromatic carbocycles. The third kappa shape index (κ3) is 2.30. The summed E-state index contributed by atoms with van der Waals surface area (Å²) in [4.78, 5) is 15.5. The van der Waals surface area contributed by atoms with Crippen LogP contribution in [0.3, 0.4) is 0 Å². The number of carbonyl (C=O) groups is 1. The Morgan fingerprint density at radius 3 is 2.46 bits per heavy atom. The number of carboxylic acids is 1. The Balaban J connectivity index is 2.56. The maximum atomic E-state index is 14.6. The van der Waals surface area contributed by atoms with Gasteiger partial charge >= 0.3 is 5.97 Å². The highest BCUT2D eigenvalue weighted by molar-refractivity contribution is 6.10. The van der Waals surface area contributed by atoms with E-state index in [-0.39, 0.29) is 33.6 Å². The van der Waals surface area contributed by atoms with E-state index in [4.69, 9.17) is 10.5 Å². The minimum absolute atomic E-state index is 0.00658. The van der Waals surface area contributed by atoms with Gasteiger partial charge in [-0.1, -0.05) is 30.3 Å². The molecule has 0 fully saturated rings. The molecule has 0 unspecified atom stereocenters. The summed E-state index contributed by atoms with van der Waals surface area (Å²) in [5, 5.41) is 9.21. The van der Waals surface area contributed by atoms with Crippen molar-refractivity contribution in [1.82, 2.24) is 4.98 Å². The highest BCUT2D eigenvalue weighted by Crippen LogP contribution is 2.38. The zero-order valence-corrected chi connectivity index (χ0v) is 12.5. The smallest absolute Gasteiger partial charge is 0.340 e. The number of rotatable bonds is 3. The lowest BCUT2D eigenvalue weighted by molar-refractivity contribution is 0.0698. The lowest BCUT2D eigenvalue weighted by Gasteiger charge is -2.15. The first-order valence-corrected chi connectivity index (χ1v) is 6.89. The van der Waals surface area contributed by atoms with Crippen LogP contribution in [0, 0.1) is 11.6 Å². The summed E-state index contributed by atoms with van der Waals surface area (Å²) in [5.41, 5.74) is 5.75. The lowest BCUT2D eigenvalue weighted by Crippen LogP contribution is -2.09. The largest absolute Gasteiger partial charge is 0.493 e. The van der Waals surface area contributed by atoms with Gasteiger partial charge in [-0.2, -0.15) is 4.39 Å². The summed E-state index contributed by atoms with van der Waals surface area (Å²) >= 11 is 0. The SMILES string of the molecule is COc1cc2nc(N)c(C(=O)O)c(-c3ccccc3)c2c(F)c1F. The first-order valence-electron chi connectivity index (χ1n) is 6.89. The molecule has 0 aliphatic heterocycles. The number of hydrogen-bond acceptors (Lipinski definition) is 4. The predicted molar refractivity (Wildman–Crippen MR) is 85.0 cm³/mol. The summed E-state index contributed by atoms with van der Waals surface area (Å²) in [7, 11) is 1.19. The molecular formula is C17H12F2N2O3. The van der Waals surface area contributed by atoms with Gasteiger partial charge in [0.05, 0.1) is 12.6 Å². The normalized spacial score (nSPS) is 10.8. The summed E-state index contributed by atoms with van der Waals surface area (Å²) in [5.74, 6) is -4.46. The molecule has 24 heavy (non-hydrogen) atoms. The van der Waals surface area contributed by atoms with Crippen molar-refractivity contribution in [2.75, 3.05) is 12.8 Å². The Hall–Kier alpha value is -3.22. The quantitative estimate of drug-likeness (QED) is 0.768. The number of hydrogen-bond donors (Lipinski definition) is 2. The van der Waals surface area contributed by atoms with Gasteiger partial charge in [0.25, 0.3) is 0 Å². The van der Waals surface area contributed by atoms with Gasteiger partial charge in [-0.05, 0) is 5.56 Å². The topological polar surface area (TPSA) is 85.4 Å². The molecule has 3 N–H and O–H groups in total. The number of methoxy groups -OCH3 is 1. The van der Waals surface area contributed by atoms with Crippen LogP contribution >= 0.6 is 0 Å². The molecule has 5 nitrogen and oxygen atoms in total. The zero-order valence-electron chi connectivity index (χ0n) is 12.5. The van der Waals surface area contributed by atoms with Gasteiger partial charge in [-0.3, -0.25) is 0 Å². The van der Waals surface area contributed by atoms with Crippen LogP contribution in [0.1, 0.15) is 10.4 Å². The van der Waals surface area contributed by atoms with Crippen molar-refractivity contribution in [1.29, 1.82) is 0 Å². The van der Waals surface area contributed by atoms with Crippen LogP contribution in [0.25, 0.3) is 22.0 Å². The van der Waals surface area contributed by atoms with Crippen molar-refractivity contribution in [2.45, 2.75) is 0 Å². The molecule has 0 saturated heterocycles. The van der Waals surface area contributed by atoms with Crippen LogP contribution in [0.4, 0.5) is 14.6 Å². The van der Waals surface area contributed by atoms with E-state index in [1.54, 1.807) is 30.3 Å². The lowest BCUT2D eigenvalue weighted by atomic mass is 9.95. The summed E-state index contributed by atoms with van der Waals surface area (Å²) in [6.45, 7) is 0. The van der Waals surface area contributed by atoms with Gasteiger partial charge in [0.2, 0.25) is 5.82 Å². The monoisotopic (exact) mass is 330 g/mol. The molecule has 3 aromatic rings. The molecule has 0 aliphatic carbocycles. The number of pyridine rings is 1. The molecule has 0 bridgehead atoms. The van der Waals surface area contributed by atoms with E-state index in [2.05, 4.69) is 4.98 Å². The van der Waals surface area contributed by atoms with E-state index < -0.39 is 17.6 Å². The summed E-state index contributed by atoms with van der Waals surface area (Å²) in [6.07, 6.45) is 0. The minimum Gasteiger partial charge on any atom is -0.493 e. The van der Waals surface area contributed by atoms with E-state index in [0.29, 0.717) is 5.56 Å². The number of nitrogens with zero attached hydrogens (tertiary/aromatic N) is 1. The van der Waals surface area contributed by atoms with E-state index in [9.17, 15) is 18.7 Å². The number of aromatic carboxylic acids is 1. The molecule has 1 heterocycles. The molecule has 1 aromatic heterocycles. The van der Waals surface area contributed by atoms with Gasteiger partial charge in [-0.15, -0.1) is 0 Å². The number of anilines is 1. The average molecular weight is 330 g/mol. The van der Waals surface area contributed by atoms with Crippen molar-refractivity contribution in [3.05, 3.63) is 53.6 Å². The van der Waals surface area contributed by atoms with Gasteiger partial charge in [0, 0.05) is 17.0 Å². The standard InChI is InChI=1S/C17H12F2N2O3/c1-24-10-7-9-12(15(19)14(10)18)11(8-5-3-2-4-6-8)13(17(22)23)16(20)21-9/h2-7H,1H3,(H2,20,21)(H,22,23). The molecule has 122 valence electrons. The first kappa shape index (κ1) is 15.7. The van der Waals surface area contributed by atoms with E-state index in [1.165, 1.54) is 13.2 Å². The maximum absolute atomic E-state index is 14.6. The second-order valence-corrected chi connectivity index (χ2v) is 5.02. The zero-order chi connectivity index (χ0) is 17.4. The number of nitrogen functional groups attached to an aromatic ring is 1. The maximum Gasteiger partial charge on any atom is 0.340 e. The summed E-state index contributed by atoms with van der Waals surface area (Å²) in [6, 6.07) is 9.38. The Bertz CT molecular complexity index is 959.